The van der Waals surface area contributed by atoms with Gasteiger partial charge in [-0.15, -0.1) is 11.8 Å². The predicted molar refractivity (Wildman–Crippen MR) is 380 cm³/mol. The first-order chi connectivity index (χ1) is 50.0. The average Bonchev–Trinajstić information content (AvgIpc) is 0.888. The van der Waals surface area contributed by atoms with Gasteiger partial charge in [-0.2, -0.15) is 5.26 Å². The fraction of sp³-hybridized carbons (Fsp3) is 0.442. The first kappa shape index (κ1) is 70.0. The molecule has 10 aliphatic rings. The van der Waals surface area contributed by atoms with Crippen molar-refractivity contribution in [3.05, 3.63) is 138 Å². The number of fused-ring (bicyclic) bond motifs is 17. The number of aliphatic hydroxyl groups excluding tert-OH is 1. The number of nitriles is 1. The van der Waals surface area contributed by atoms with E-state index < -0.39 is 71.2 Å². The summed E-state index contributed by atoms with van der Waals surface area (Å²) < 4.78 is 59.2. The highest BCUT2D eigenvalue weighted by atomic mass is 32.2. The highest BCUT2D eigenvalue weighted by molar-refractivity contribution is 7.99. The minimum Gasteiger partial charge on any atom is -0.504 e. The molecule has 104 heavy (non-hydrogen) atoms. The van der Waals surface area contributed by atoms with Crippen LogP contribution >= 0.6 is 11.8 Å². The van der Waals surface area contributed by atoms with Crippen molar-refractivity contribution in [2.75, 3.05) is 89.0 Å². The Balaban J connectivity index is 0.000000168. The van der Waals surface area contributed by atoms with Crippen LogP contribution in [0.25, 0.3) is 10.9 Å². The van der Waals surface area contributed by atoms with E-state index in [1.165, 1.54) is 47.1 Å². The topological polar surface area (TPSA) is 318 Å². The minimum atomic E-state index is -1.36. The third-order valence-corrected chi connectivity index (χ3v) is 24.7. The lowest BCUT2D eigenvalue weighted by Crippen LogP contribution is -2.70. The number of aryl methyl sites for hydroxylation is 1. The number of aromatic nitrogens is 1. The van der Waals surface area contributed by atoms with Gasteiger partial charge in [0, 0.05) is 105 Å². The Kier molecular flexibility index (Phi) is 17.8. The monoisotopic (exact) mass is 1440 g/mol. The number of esters is 2. The normalized spacial score (nSPS) is 26.1. The number of phenols is 4. The standard InChI is InChI=1S/C39H43N3O11S.C38H41N5O7/c1-16-9-20-10-22-37(46)42-23-13-50-38(47)39(21-12-25(48-5)24(44)11-19(21)7-8-40-39)14-54-36(30(42)29(41(22)4)26(20)31(45)32(16)49-6)28-27(23)35-34(51-15-52-35)17(2)33(28)53-18(3)43;1-18-34(47-4)21-15-26-31-30-22(35(48-5)19(2)37(50-7)33(30)45)14-25(42(31)3)27(16-39)43(26)28(29(21)32(44)36(18)49-6)17-40-38(46)24-13-12-20-10-8-9-11-23(20)41-24/h9,11-12,22-23,29-30,36-37,40,44-46H,7-8,10,13-15H2,1-6H3;8-13,25-28,31,44-45H,14-15,17H2,1-7H3,(H,40,46)/t22-,23-,29+,30+,36+,37-,39+;25?,26-,27-,28-,31?/m00/s1. The first-order valence-corrected chi connectivity index (χ1v) is 35.7. The number of nitrogens with one attached hydrogen (secondary N) is 2. The molecule has 1 spiro atoms. The SMILES string of the molecule is COc1c(C)c(OC)c2c(c1O)C1[C@@H]3Cc4c(OC)c(C)c(OC)c(O)c4[C@H](CNC(=O)c4ccc5ccccc5n4)N3[C@@H](C#N)C(C2)N1C.COc1cc2c(cc1O)CCN[C@]21CS[C@@H]2c3c(OC(C)=O)c(C)c4c(c3[C@H](COC1=O)N1[C@@H]2[C@H]2c3c(cc(C)c(OC)c3O)C[C@@H]([C@@H]1O)N2C)OCO4. The number of carbonyl (C=O) groups is 3. The summed E-state index contributed by atoms with van der Waals surface area (Å²) in [5.41, 5.74) is 9.41. The number of likely N-dealkylation sites (N-methyl/N-ethyl adjacent to an activating group) is 2. The average molecular weight is 1440 g/mol. The van der Waals surface area contributed by atoms with Crippen LogP contribution in [0.2, 0.25) is 0 Å². The number of thioether (sulfide) groups is 1. The van der Waals surface area contributed by atoms with Crippen molar-refractivity contribution in [2.45, 2.75) is 132 Å². The lowest BCUT2D eigenvalue weighted by molar-refractivity contribution is -0.186. The molecule has 27 heteroatoms. The van der Waals surface area contributed by atoms with Crippen molar-refractivity contribution < 1.29 is 87.3 Å². The zero-order valence-electron chi connectivity index (χ0n) is 60.0. The smallest absolute Gasteiger partial charge is 0.331 e. The molecule has 11 heterocycles. The highest BCUT2D eigenvalue weighted by Gasteiger charge is 2.63. The maximum Gasteiger partial charge on any atom is 0.331 e. The summed E-state index contributed by atoms with van der Waals surface area (Å²) in [5.74, 6) is 2.31. The van der Waals surface area contributed by atoms with Crippen molar-refractivity contribution in [2.24, 2.45) is 0 Å². The van der Waals surface area contributed by atoms with Crippen LogP contribution in [0.3, 0.4) is 0 Å². The number of hydrogen-bond acceptors (Lipinski definition) is 26. The molecule has 6 bridgehead atoms. The van der Waals surface area contributed by atoms with Crippen molar-refractivity contribution >= 4 is 40.5 Å². The number of piperazine rings is 2. The van der Waals surface area contributed by atoms with Crippen LogP contribution in [0.1, 0.15) is 125 Å². The summed E-state index contributed by atoms with van der Waals surface area (Å²) in [6, 6.07) is 14.3. The zero-order chi connectivity index (χ0) is 73.5. The van der Waals surface area contributed by atoms with E-state index in [1.54, 1.807) is 32.4 Å². The van der Waals surface area contributed by atoms with Crippen LogP contribution in [-0.2, 0) is 45.5 Å². The minimum absolute atomic E-state index is 0.0226. The lowest BCUT2D eigenvalue weighted by Gasteiger charge is -2.62. The third-order valence-electron chi connectivity index (χ3n) is 23.2. The maximum atomic E-state index is 14.7. The fourth-order valence-corrected chi connectivity index (χ4v) is 20.6. The number of amides is 1. The van der Waals surface area contributed by atoms with Gasteiger partial charge in [0.05, 0.1) is 89.7 Å². The highest BCUT2D eigenvalue weighted by Crippen LogP contribution is 2.66. The molecular formula is C77H84N8O18S. The molecule has 3 fully saturated rings. The first-order valence-electron chi connectivity index (χ1n) is 34.6. The second-order valence-electron chi connectivity index (χ2n) is 28.1. The van der Waals surface area contributed by atoms with Gasteiger partial charge in [0.25, 0.3) is 5.91 Å². The molecule has 6 aromatic carbocycles. The van der Waals surface area contributed by atoms with Gasteiger partial charge in [-0.3, -0.25) is 34.5 Å². The largest absolute Gasteiger partial charge is 0.504 e. The molecule has 1 aromatic heterocycles. The number of methoxy groups -OCH3 is 6. The maximum absolute atomic E-state index is 14.7. The number of ether oxygens (including phenoxy) is 10. The van der Waals surface area contributed by atoms with Gasteiger partial charge >= 0.3 is 11.9 Å². The molecule has 3 saturated heterocycles. The van der Waals surface area contributed by atoms with Gasteiger partial charge in [-0.1, -0.05) is 30.3 Å². The Morgan fingerprint density at radius 3 is 2.05 bits per heavy atom. The van der Waals surface area contributed by atoms with Crippen LogP contribution in [-0.4, -0.2) is 193 Å². The zero-order valence-corrected chi connectivity index (χ0v) is 60.9. The molecule has 0 radical (unpaired) electrons. The molecule has 7 N–H and O–H groups in total. The Bertz CT molecular complexity index is 4800. The lowest BCUT2D eigenvalue weighted by atomic mass is 9.71. The molecule has 546 valence electrons. The molecule has 1 amide bonds. The van der Waals surface area contributed by atoms with Crippen molar-refractivity contribution in [1.82, 2.24) is 35.2 Å². The molecule has 17 rings (SSSR count). The molecule has 0 aliphatic carbocycles. The Hall–Kier alpha value is -9.66. The number of para-hydroxylation sites is 1. The van der Waals surface area contributed by atoms with Crippen molar-refractivity contribution in [3.63, 3.8) is 0 Å². The summed E-state index contributed by atoms with van der Waals surface area (Å²) in [6.45, 7) is 8.98. The fourth-order valence-electron chi connectivity index (χ4n) is 18.9. The van der Waals surface area contributed by atoms with E-state index in [4.69, 9.17) is 47.4 Å². The Labute approximate surface area is 605 Å². The Morgan fingerprint density at radius 2 is 1.37 bits per heavy atom. The van der Waals surface area contributed by atoms with Crippen LogP contribution in [0, 0.1) is 39.0 Å². The molecule has 26 nitrogen and oxygen atoms in total. The molecule has 0 saturated carbocycles. The van der Waals surface area contributed by atoms with E-state index in [0.29, 0.717) is 128 Å². The Morgan fingerprint density at radius 1 is 0.712 bits per heavy atom. The van der Waals surface area contributed by atoms with Crippen molar-refractivity contribution in [3.8, 4) is 80.8 Å². The molecule has 2 unspecified atom stereocenters. The van der Waals surface area contributed by atoms with Gasteiger partial charge < -0.3 is 78.2 Å². The van der Waals surface area contributed by atoms with E-state index in [2.05, 4.69) is 36.4 Å². The molecule has 7 aromatic rings. The number of rotatable bonds is 10. The van der Waals surface area contributed by atoms with Gasteiger partial charge in [-0.05, 0) is 114 Å². The van der Waals surface area contributed by atoms with Gasteiger partial charge in [0.2, 0.25) is 6.79 Å². The number of hydrogen-bond donors (Lipinski definition) is 7. The summed E-state index contributed by atoms with van der Waals surface area (Å²) >= 11 is 1.47. The second kappa shape index (κ2) is 26.5. The summed E-state index contributed by atoms with van der Waals surface area (Å²) in [5, 5.41) is 76.8. The molecule has 10 aliphatic heterocycles. The van der Waals surface area contributed by atoms with Gasteiger partial charge in [0.1, 0.15) is 41.8 Å². The van der Waals surface area contributed by atoms with E-state index in [-0.39, 0.29) is 83.9 Å². The van der Waals surface area contributed by atoms with Crippen LogP contribution < -0.4 is 53.3 Å². The van der Waals surface area contributed by atoms with E-state index in [0.717, 1.165) is 33.2 Å². The number of aromatic hydroxyl groups is 4. The summed E-state index contributed by atoms with van der Waals surface area (Å²) in [4.78, 5) is 54.3. The van der Waals surface area contributed by atoms with E-state index in [9.17, 15) is 45.2 Å². The second-order valence-corrected chi connectivity index (χ2v) is 29.2. The van der Waals surface area contributed by atoms with E-state index >= 15 is 0 Å². The quantitative estimate of drug-likeness (QED) is 0.0505. The molecular weight excluding hydrogens is 1360 g/mol. The number of pyridine rings is 1. The third kappa shape index (κ3) is 10.3. The number of carbonyl (C=O) groups excluding carboxylic acids is 3. The molecule has 12 atom stereocenters. The van der Waals surface area contributed by atoms with Crippen LogP contribution in [0.5, 0.6) is 74.7 Å². The number of phenolic OH excluding ortho intramolecular Hbond substituents is 4. The van der Waals surface area contributed by atoms with Gasteiger partial charge in [0.15, 0.2) is 63.0 Å². The van der Waals surface area contributed by atoms with Crippen LogP contribution in [0.4, 0.5) is 0 Å². The van der Waals surface area contributed by atoms with Crippen LogP contribution in [0.15, 0.2) is 54.6 Å². The number of benzene rings is 6. The summed E-state index contributed by atoms with van der Waals surface area (Å²) in [6.07, 6.45) is 0.759. The summed E-state index contributed by atoms with van der Waals surface area (Å²) in [7, 11) is 13.1. The predicted octanol–water partition coefficient (Wildman–Crippen LogP) is 7.91. The number of aliphatic hydroxyl groups is 1. The van der Waals surface area contributed by atoms with E-state index in [1.807, 2.05) is 83.1 Å². The van der Waals surface area contributed by atoms with Crippen molar-refractivity contribution in [1.29, 1.82) is 5.26 Å². The number of nitrogens with zero attached hydrogens (tertiary/aromatic N) is 6. The van der Waals surface area contributed by atoms with Gasteiger partial charge in [-0.25, -0.2) is 9.78 Å².